The van der Waals surface area contributed by atoms with Gasteiger partial charge in [-0.15, -0.1) is 0 Å². The molecular formula is C50H32N6. The highest BCUT2D eigenvalue weighted by molar-refractivity contribution is 6.17. The highest BCUT2D eigenvalue weighted by Gasteiger charge is 2.19. The van der Waals surface area contributed by atoms with Crippen LogP contribution in [0.1, 0.15) is 0 Å². The maximum Gasteiger partial charge on any atom is 0.164 e. The van der Waals surface area contributed by atoms with Crippen LogP contribution in [0.2, 0.25) is 0 Å². The third kappa shape index (κ3) is 5.19. The summed E-state index contributed by atoms with van der Waals surface area (Å²) < 4.78 is 4.68. The Balaban J connectivity index is 1.06. The number of pyridine rings is 1. The van der Waals surface area contributed by atoms with E-state index < -0.39 is 0 Å². The van der Waals surface area contributed by atoms with Gasteiger partial charge in [-0.2, -0.15) is 0 Å². The summed E-state index contributed by atoms with van der Waals surface area (Å²) in [6.45, 7) is 0. The van der Waals surface area contributed by atoms with Crippen molar-refractivity contribution < 1.29 is 0 Å². The molecule has 6 nitrogen and oxygen atoms in total. The quantitative estimate of drug-likeness (QED) is 0.172. The molecule has 4 aromatic heterocycles. The lowest BCUT2D eigenvalue weighted by Gasteiger charge is -2.11. The summed E-state index contributed by atoms with van der Waals surface area (Å²) in [4.78, 5) is 19.6. The normalized spacial score (nSPS) is 11.6. The van der Waals surface area contributed by atoms with Crippen molar-refractivity contribution in [2.24, 2.45) is 0 Å². The third-order valence-electron chi connectivity index (χ3n) is 10.6. The lowest BCUT2D eigenvalue weighted by atomic mass is 9.98. The molecule has 0 spiro atoms. The average molecular weight is 717 g/mol. The fraction of sp³-hybridized carbons (Fsp3) is 0. The second-order valence-electron chi connectivity index (χ2n) is 13.9. The number of hydrogen-bond donors (Lipinski definition) is 0. The number of benzene rings is 7. The molecule has 11 aromatic rings. The Labute approximate surface area is 322 Å². The first-order valence-corrected chi connectivity index (χ1v) is 18.7. The highest BCUT2D eigenvalue weighted by atomic mass is 15.0. The molecule has 11 rings (SSSR count). The third-order valence-corrected chi connectivity index (χ3v) is 10.6. The van der Waals surface area contributed by atoms with Crippen LogP contribution >= 0.6 is 0 Å². The van der Waals surface area contributed by atoms with Crippen molar-refractivity contribution in [3.63, 3.8) is 0 Å². The number of fused-ring (bicyclic) bond motifs is 6. The standard InChI is InChI=1S/C50H32N6/c1-4-14-33(15-5-1)48-52-49(34-16-6-2-7-17-34)54-50(53-48)35-25-28-38(29-26-35)55-42-22-11-10-20-40(42)46-39(21-12-23-43(46)55)36-27-30-41-45(32-36)56(37-18-8-3-9-19-37)44-24-13-31-51-47(41)44/h1-32H. The van der Waals surface area contributed by atoms with Crippen molar-refractivity contribution in [1.82, 2.24) is 29.1 Å². The van der Waals surface area contributed by atoms with Crippen molar-refractivity contribution in [3.05, 3.63) is 194 Å². The minimum atomic E-state index is 0.632. The Hall–Kier alpha value is -7.70. The van der Waals surface area contributed by atoms with Gasteiger partial charge in [0.1, 0.15) is 0 Å². The van der Waals surface area contributed by atoms with E-state index >= 15 is 0 Å². The fourth-order valence-electron chi connectivity index (χ4n) is 8.09. The largest absolute Gasteiger partial charge is 0.309 e. The molecule has 0 unspecified atom stereocenters. The molecule has 0 bridgehead atoms. The molecule has 0 fully saturated rings. The number of aromatic nitrogens is 6. The molecule has 0 saturated heterocycles. The van der Waals surface area contributed by atoms with Crippen LogP contribution in [0.25, 0.3) is 100 Å². The van der Waals surface area contributed by atoms with Gasteiger partial charge in [-0.25, -0.2) is 15.0 Å². The van der Waals surface area contributed by atoms with Gasteiger partial charge in [0.05, 0.1) is 27.6 Å². The second-order valence-corrected chi connectivity index (χ2v) is 13.9. The molecule has 0 amide bonds. The summed E-state index contributed by atoms with van der Waals surface area (Å²) in [5, 5.41) is 3.54. The minimum Gasteiger partial charge on any atom is -0.309 e. The van der Waals surface area contributed by atoms with Crippen molar-refractivity contribution in [2.75, 3.05) is 0 Å². The molecule has 0 aliphatic carbocycles. The molecule has 56 heavy (non-hydrogen) atoms. The van der Waals surface area contributed by atoms with Crippen molar-refractivity contribution in [1.29, 1.82) is 0 Å². The molecule has 0 atom stereocenters. The van der Waals surface area contributed by atoms with Gasteiger partial charge in [-0.3, -0.25) is 4.98 Å². The lowest BCUT2D eigenvalue weighted by molar-refractivity contribution is 1.07. The second kappa shape index (κ2) is 13.0. The predicted molar refractivity (Wildman–Crippen MR) is 228 cm³/mol. The van der Waals surface area contributed by atoms with E-state index in [1.54, 1.807) is 0 Å². The predicted octanol–water partition coefficient (Wildman–Crippen LogP) is 12.1. The Kier molecular flexibility index (Phi) is 7.38. The van der Waals surface area contributed by atoms with E-state index in [0.717, 1.165) is 66.6 Å². The van der Waals surface area contributed by atoms with Gasteiger partial charge in [0, 0.05) is 50.4 Å². The Morgan fingerprint density at radius 2 is 0.875 bits per heavy atom. The van der Waals surface area contributed by atoms with Crippen LogP contribution in [0, 0.1) is 0 Å². The van der Waals surface area contributed by atoms with Crippen LogP contribution in [-0.2, 0) is 0 Å². The summed E-state index contributed by atoms with van der Waals surface area (Å²) >= 11 is 0. The number of rotatable bonds is 6. The van der Waals surface area contributed by atoms with Crippen LogP contribution in [-0.4, -0.2) is 29.1 Å². The first-order chi connectivity index (χ1) is 27.8. The van der Waals surface area contributed by atoms with Gasteiger partial charge in [-0.05, 0) is 83.9 Å². The lowest BCUT2D eigenvalue weighted by Crippen LogP contribution is -2.00. The Bertz CT molecular complexity index is 3160. The molecule has 262 valence electrons. The van der Waals surface area contributed by atoms with Gasteiger partial charge in [0.25, 0.3) is 0 Å². The minimum absolute atomic E-state index is 0.632. The SMILES string of the molecule is c1ccc(-c2nc(-c3ccccc3)nc(-c3ccc(-n4c5ccccc5c5c(-c6ccc7c8ncccc8n(-c8ccccc8)c7c6)cccc54)cc3)n2)cc1. The summed E-state index contributed by atoms with van der Waals surface area (Å²) in [6.07, 6.45) is 1.88. The number of nitrogens with zero attached hydrogens (tertiary/aromatic N) is 6. The van der Waals surface area contributed by atoms with Gasteiger partial charge in [0.15, 0.2) is 17.5 Å². The van der Waals surface area contributed by atoms with E-state index in [2.05, 4.69) is 130 Å². The van der Waals surface area contributed by atoms with Crippen molar-refractivity contribution >= 4 is 43.7 Å². The zero-order valence-corrected chi connectivity index (χ0v) is 30.2. The van der Waals surface area contributed by atoms with E-state index in [9.17, 15) is 0 Å². The molecule has 6 heteroatoms. The Morgan fingerprint density at radius 3 is 1.57 bits per heavy atom. The van der Waals surface area contributed by atoms with E-state index in [0.29, 0.717) is 17.5 Å². The molecule has 0 saturated carbocycles. The smallest absolute Gasteiger partial charge is 0.164 e. The highest BCUT2D eigenvalue weighted by Crippen LogP contribution is 2.41. The van der Waals surface area contributed by atoms with Gasteiger partial charge < -0.3 is 9.13 Å². The molecular weight excluding hydrogens is 685 g/mol. The number of para-hydroxylation sites is 2. The van der Waals surface area contributed by atoms with E-state index in [4.69, 9.17) is 19.9 Å². The fourth-order valence-corrected chi connectivity index (χ4v) is 8.09. The van der Waals surface area contributed by atoms with E-state index in [1.165, 1.54) is 16.3 Å². The van der Waals surface area contributed by atoms with E-state index in [-0.39, 0.29) is 0 Å². The molecule has 0 radical (unpaired) electrons. The van der Waals surface area contributed by atoms with Crippen LogP contribution < -0.4 is 0 Å². The van der Waals surface area contributed by atoms with Gasteiger partial charge in [-0.1, -0.05) is 115 Å². The van der Waals surface area contributed by atoms with Gasteiger partial charge >= 0.3 is 0 Å². The molecule has 4 heterocycles. The molecule has 0 N–H and O–H groups in total. The first kappa shape index (κ1) is 31.8. The summed E-state index contributed by atoms with van der Waals surface area (Å²) in [7, 11) is 0. The zero-order chi connectivity index (χ0) is 37.0. The van der Waals surface area contributed by atoms with Crippen LogP contribution in [0.15, 0.2) is 194 Å². The monoisotopic (exact) mass is 716 g/mol. The van der Waals surface area contributed by atoms with E-state index in [1.807, 2.05) is 72.9 Å². The topological polar surface area (TPSA) is 61.4 Å². The maximum absolute atomic E-state index is 4.96. The molecule has 0 aliphatic rings. The van der Waals surface area contributed by atoms with Crippen LogP contribution in [0.3, 0.4) is 0 Å². The van der Waals surface area contributed by atoms with Crippen molar-refractivity contribution in [3.8, 4) is 56.7 Å². The van der Waals surface area contributed by atoms with Crippen LogP contribution in [0.4, 0.5) is 0 Å². The maximum atomic E-state index is 4.96. The summed E-state index contributed by atoms with van der Waals surface area (Å²) in [6, 6.07) is 65.5. The average Bonchev–Trinajstić information content (AvgIpc) is 3.80. The molecule has 7 aromatic carbocycles. The number of hydrogen-bond acceptors (Lipinski definition) is 4. The van der Waals surface area contributed by atoms with Gasteiger partial charge in [0.2, 0.25) is 0 Å². The van der Waals surface area contributed by atoms with Crippen molar-refractivity contribution in [2.45, 2.75) is 0 Å². The zero-order valence-electron chi connectivity index (χ0n) is 30.2. The Morgan fingerprint density at radius 1 is 0.339 bits per heavy atom. The summed E-state index contributed by atoms with van der Waals surface area (Å²) in [5.41, 5.74) is 12.8. The van der Waals surface area contributed by atoms with Crippen LogP contribution in [0.5, 0.6) is 0 Å². The summed E-state index contributed by atoms with van der Waals surface area (Å²) in [5.74, 6) is 1.92. The first-order valence-electron chi connectivity index (χ1n) is 18.7. The molecule has 0 aliphatic heterocycles.